The number of benzene rings is 1. The molecule has 2 aliphatic rings. The lowest BCUT2D eigenvalue weighted by atomic mass is 9.99. The zero-order chi connectivity index (χ0) is 16.7. The number of amides is 3. The molecule has 120 valence electrons. The van der Waals surface area contributed by atoms with Crippen molar-refractivity contribution in [2.45, 2.75) is 6.42 Å². The van der Waals surface area contributed by atoms with Crippen LogP contribution in [0.2, 0.25) is 0 Å². The van der Waals surface area contributed by atoms with E-state index in [2.05, 4.69) is 31.3 Å². The number of carbonyl (C=O) groups excluding carboxylic acids is 2. The molecule has 1 aromatic heterocycles. The largest absolute Gasteiger partial charge is 0.538 e. The van der Waals surface area contributed by atoms with Crippen molar-refractivity contribution in [1.82, 2.24) is 25.9 Å². The standard InChI is InChI=1S/C13H9N7O4/c21-10(15-12-16-18-19-17-12)6-1-2-9-7(3-6)4-8-5-14-13(22)20(23)11(8)24-9/h1-3H,4-5H2,(H2-,14,15,16,17,18,19,21,22,23)/p+1. The maximum Gasteiger partial charge on any atom is 0.538 e. The van der Waals surface area contributed by atoms with E-state index >= 15 is 0 Å². The summed E-state index contributed by atoms with van der Waals surface area (Å²) in [5.41, 5.74) is 1.76. The topological polar surface area (TPSA) is 142 Å². The summed E-state index contributed by atoms with van der Waals surface area (Å²) in [6.07, 6.45) is 0.396. The molecule has 0 saturated carbocycles. The molecule has 0 radical (unpaired) electrons. The summed E-state index contributed by atoms with van der Waals surface area (Å²) in [4.78, 5) is 35.3. The average molecular weight is 328 g/mol. The van der Waals surface area contributed by atoms with Crippen LogP contribution < -0.4 is 15.4 Å². The van der Waals surface area contributed by atoms with E-state index in [1.807, 2.05) is 0 Å². The summed E-state index contributed by atoms with van der Waals surface area (Å²) in [5.74, 6) is 0.0907. The highest BCUT2D eigenvalue weighted by molar-refractivity contribution is 6.03. The Bertz CT molecular complexity index is 903. The summed E-state index contributed by atoms with van der Waals surface area (Å²) in [6.45, 7) is 0.228. The second-order valence-corrected chi connectivity index (χ2v) is 5.15. The van der Waals surface area contributed by atoms with Crippen LogP contribution in [0.1, 0.15) is 15.9 Å². The minimum absolute atomic E-state index is 0.00440. The van der Waals surface area contributed by atoms with Crippen LogP contribution in [-0.2, 0) is 6.42 Å². The van der Waals surface area contributed by atoms with Gasteiger partial charge in [-0.1, -0.05) is 10.0 Å². The van der Waals surface area contributed by atoms with Crippen LogP contribution in [0.5, 0.6) is 5.75 Å². The van der Waals surface area contributed by atoms with Crippen LogP contribution >= 0.6 is 0 Å². The quantitative estimate of drug-likeness (QED) is 0.664. The number of carbonyl (C=O) groups is 2. The van der Waals surface area contributed by atoms with Crippen molar-refractivity contribution < 1.29 is 19.1 Å². The number of nitrogens with zero attached hydrogens (tertiary/aromatic N) is 4. The second kappa shape index (κ2) is 5.22. The molecule has 2 aromatic rings. The Morgan fingerprint density at radius 1 is 1.38 bits per heavy atom. The molecule has 3 heterocycles. The number of hydrogen-bond acceptors (Lipinski definition) is 7. The van der Waals surface area contributed by atoms with Crippen molar-refractivity contribution in [3.05, 3.63) is 45.7 Å². The van der Waals surface area contributed by atoms with Gasteiger partial charge in [0.2, 0.25) is 0 Å². The normalized spacial score (nSPS) is 16.0. The van der Waals surface area contributed by atoms with Crippen LogP contribution in [-0.4, -0.2) is 43.9 Å². The van der Waals surface area contributed by atoms with Gasteiger partial charge in [0, 0.05) is 17.5 Å². The minimum Gasteiger partial charge on any atom is -0.420 e. The Kier molecular flexibility index (Phi) is 3.05. The molecule has 1 aromatic carbocycles. The smallest absolute Gasteiger partial charge is 0.420 e. The highest BCUT2D eigenvalue weighted by Crippen LogP contribution is 2.32. The predicted molar refractivity (Wildman–Crippen MR) is 77.0 cm³/mol. The van der Waals surface area contributed by atoms with E-state index in [1.165, 1.54) is 6.07 Å². The second-order valence-electron chi connectivity index (χ2n) is 5.15. The third-order valence-electron chi connectivity index (χ3n) is 3.63. The number of ether oxygens (including phenoxy) is 1. The molecule has 0 atom stereocenters. The van der Waals surface area contributed by atoms with Gasteiger partial charge in [-0.05, 0) is 23.4 Å². The number of nitrogens with one attached hydrogen (secondary N) is 3. The van der Waals surface area contributed by atoms with Gasteiger partial charge in [-0.15, -0.1) is 5.10 Å². The van der Waals surface area contributed by atoms with Crippen LogP contribution in [0, 0.1) is 4.91 Å². The van der Waals surface area contributed by atoms with E-state index in [9.17, 15) is 14.5 Å². The Balaban J connectivity index is 1.60. The van der Waals surface area contributed by atoms with E-state index in [-0.39, 0.29) is 23.1 Å². The summed E-state index contributed by atoms with van der Waals surface area (Å²) >= 11 is 0. The molecule has 3 amide bonds. The van der Waals surface area contributed by atoms with Gasteiger partial charge in [0.1, 0.15) is 12.3 Å². The molecule has 0 aliphatic carbocycles. The molecule has 3 N–H and O–H groups in total. The predicted octanol–water partition coefficient (Wildman–Crippen LogP) is 0.101. The van der Waals surface area contributed by atoms with E-state index in [4.69, 9.17) is 4.74 Å². The number of aromatic nitrogens is 4. The number of aromatic amines is 1. The maximum atomic E-state index is 12.2. The summed E-state index contributed by atoms with van der Waals surface area (Å²) in [7, 11) is 0. The Labute approximate surface area is 133 Å². The van der Waals surface area contributed by atoms with E-state index in [1.54, 1.807) is 12.1 Å². The van der Waals surface area contributed by atoms with Gasteiger partial charge in [0.25, 0.3) is 11.9 Å². The van der Waals surface area contributed by atoms with E-state index in [0.717, 1.165) is 5.56 Å². The first-order valence-corrected chi connectivity index (χ1v) is 6.94. The zero-order valence-corrected chi connectivity index (χ0v) is 12.1. The van der Waals surface area contributed by atoms with Crippen LogP contribution in [0.4, 0.5) is 10.7 Å². The molecule has 0 bridgehead atoms. The number of tetrazole rings is 1. The van der Waals surface area contributed by atoms with Crippen LogP contribution in [0.3, 0.4) is 0 Å². The lowest BCUT2D eigenvalue weighted by molar-refractivity contribution is -0.431. The fourth-order valence-electron chi connectivity index (χ4n) is 2.50. The van der Waals surface area contributed by atoms with Crippen molar-refractivity contribution in [2.24, 2.45) is 0 Å². The average Bonchev–Trinajstić information content (AvgIpc) is 3.09. The number of H-pyrrole nitrogens is 1. The molecule has 4 rings (SSSR count). The van der Waals surface area contributed by atoms with E-state index < -0.39 is 11.9 Å². The zero-order valence-electron chi connectivity index (χ0n) is 12.1. The fourth-order valence-corrected chi connectivity index (χ4v) is 2.50. The van der Waals surface area contributed by atoms with Crippen molar-refractivity contribution in [1.29, 1.82) is 0 Å². The molecule has 11 heteroatoms. The number of fused-ring (bicyclic) bond motifs is 1. The van der Waals surface area contributed by atoms with Gasteiger partial charge in [-0.3, -0.25) is 10.1 Å². The molecule has 0 unspecified atom stereocenters. The monoisotopic (exact) mass is 328 g/mol. The number of rotatable bonds is 2. The first-order chi connectivity index (χ1) is 11.6. The molecule has 11 nitrogen and oxygen atoms in total. The van der Waals surface area contributed by atoms with Crippen molar-refractivity contribution in [3.63, 3.8) is 0 Å². The molecular formula is C13H10N7O4+. The molecular weight excluding hydrogens is 318 g/mol. The van der Waals surface area contributed by atoms with Crippen LogP contribution in [0.15, 0.2) is 29.7 Å². The number of urea groups is 1. The molecule has 0 saturated heterocycles. The van der Waals surface area contributed by atoms with Crippen molar-refractivity contribution >= 4 is 17.9 Å². The minimum atomic E-state index is -0.756. The van der Waals surface area contributed by atoms with Gasteiger partial charge in [0.05, 0.1) is 10.3 Å². The molecule has 2 aliphatic heterocycles. The first-order valence-electron chi connectivity index (χ1n) is 6.94. The SMILES string of the molecule is O=C(Nc1nn[nH]n1)c1ccc2c(c1)CC1=C(O2)[N+](=O)C(=O)NC1. The van der Waals surface area contributed by atoms with Gasteiger partial charge in [0.15, 0.2) is 0 Å². The molecule has 0 fully saturated rings. The summed E-state index contributed by atoms with van der Waals surface area (Å²) in [6, 6.07) is 4.01. The fraction of sp³-hybridized carbons (Fsp3) is 0.154. The van der Waals surface area contributed by atoms with Gasteiger partial charge in [-0.2, -0.15) is 10.0 Å². The summed E-state index contributed by atoms with van der Waals surface area (Å²) in [5, 5.41) is 17.8. The van der Waals surface area contributed by atoms with Crippen molar-refractivity contribution in [2.75, 3.05) is 11.9 Å². The highest BCUT2D eigenvalue weighted by atomic mass is 16.5. The van der Waals surface area contributed by atoms with E-state index in [0.29, 0.717) is 23.3 Å². The van der Waals surface area contributed by atoms with Crippen LogP contribution in [0.25, 0.3) is 0 Å². The van der Waals surface area contributed by atoms with Crippen molar-refractivity contribution in [3.8, 4) is 5.75 Å². The number of anilines is 1. The van der Waals surface area contributed by atoms with Gasteiger partial charge >= 0.3 is 11.9 Å². The Hall–Kier alpha value is -3.63. The Morgan fingerprint density at radius 2 is 2.25 bits per heavy atom. The lowest BCUT2D eigenvalue weighted by Crippen LogP contribution is -2.41. The maximum absolute atomic E-state index is 12.2. The number of nitroso groups, excluding NO2 is 1. The highest BCUT2D eigenvalue weighted by Gasteiger charge is 2.38. The lowest BCUT2D eigenvalue weighted by Gasteiger charge is -2.21. The van der Waals surface area contributed by atoms with Gasteiger partial charge in [-0.25, -0.2) is 5.32 Å². The summed E-state index contributed by atoms with van der Waals surface area (Å²) < 4.78 is 5.71. The number of hydrogen-bond donors (Lipinski definition) is 3. The third kappa shape index (κ3) is 2.27. The first kappa shape index (κ1) is 14.0. The third-order valence-corrected chi connectivity index (χ3v) is 3.63. The Morgan fingerprint density at radius 3 is 3.04 bits per heavy atom. The molecule has 0 spiro atoms. The van der Waals surface area contributed by atoms with Gasteiger partial charge < -0.3 is 4.74 Å². The molecule has 24 heavy (non-hydrogen) atoms.